The SMILES string of the molecule is CC(C)c1ccc(OCC(C)(O)C(F)(F)F)cc1. The molecule has 5 heteroatoms. The number of aliphatic hydroxyl groups is 1. The standard InChI is InChI=1S/C13H17F3O2/c1-9(2)10-4-6-11(7-5-10)18-8-12(3,17)13(14,15)16/h4-7,9,17H,8H2,1-3H3. The third-order valence-corrected chi connectivity index (χ3v) is 2.68. The van der Waals surface area contributed by atoms with Crippen molar-refractivity contribution < 1.29 is 23.0 Å². The second kappa shape index (κ2) is 5.18. The van der Waals surface area contributed by atoms with Crippen molar-refractivity contribution in [2.45, 2.75) is 38.5 Å². The molecule has 1 aromatic rings. The molecule has 18 heavy (non-hydrogen) atoms. The van der Waals surface area contributed by atoms with Gasteiger partial charge in [0, 0.05) is 0 Å². The van der Waals surface area contributed by atoms with E-state index < -0.39 is 18.4 Å². The van der Waals surface area contributed by atoms with Gasteiger partial charge in [-0.2, -0.15) is 13.2 Å². The van der Waals surface area contributed by atoms with Crippen LogP contribution in [0.25, 0.3) is 0 Å². The molecule has 1 unspecified atom stereocenters. The Kier molecular flexibility index (Phi) is 4.27. The zero-order valence-electron chi connectivity index (χ0n) is 10.6. The molecule has 0 saturated carbocycles. The van der Waals surface area contributed by atoms with Crippen molar-refractivity contribution in [1.29, 1.82) is 0 Å². The van der Waals surface area contributed by atoms with E-state index >= 15 is 0 Å². The molecule has 0 amide bonds. The summed E-state index contributed by atoms with van der Waals surface area (Å²) >= 11 is 0. The monoisotopic (exact) mass is 262 g/mol. The predicted molar refractivity (Wildman–Crippen MR) is 62.7 cm³/mol. The lowest BCUT2D eigenvalue weighted by Gasteiger charge is -2.26. The highest BCUT2D eigenvalue weighted by Gasteiger charge is 2.50. The summed E-state index contributed by atoms with van der Waals surface area (Å²) in [5, 5.41) is 9.21. The summed E-state index contributed by atoms with van der Waals surface area (Å²) in [5.74, 6) is 0.654. The molecule has 0 radical (unpaired) electrons. The fraction of sp³-hybridized carbons (Fsp3) is 0.538. The first-order valence-electron chi connectivity index (χ1n) is 5.65. The van der Waals surface area contributed by atoms with Crippen LogP contribution >= 0.6 is 0 Å². The predicted octanol–water partition coefficient (Wildman–Crippen LogP) is 3.50. The molecule has 0 fully saturated rings. The van der Waals surface area contributed by atoms with Crippen molar-refractivity contribution in [3.05, 3.63) is 29.8 Å². The van der Waals surface area contributed by atoms with E-state index in [1.54, 1.807) is 24.3 Å². The summed E-state index contributed by atoms with van der Waals surface area (Å²) in [6, 6.07) is 6.79. The van der Waals surface area contributed by atoms with E-state index in [1.165, 1.54) is 0 Å². The summed E-state index contributed by atoms with van der Waals surface area (Å²) in [5.41, 5.74) is -1.77. The summed E-state index contributed by atoms with van der Waals surface area (Å²) in [6.45, 7) is 3.90. The normalized spacial score (nSPS) is 15.6. The zero-order chi connectivity index (χ0) is 14.0. The van der Waals surface area contributed by atoms with Gasteiger partial charge in [-0.3, -0.25) is 0 Å². The van der Waals surface area contributed by atoms with Crippen molar-refractivity contribution in [3.8, 4) is 5.75 Å². The van der Waals surface area contributed by atoms with Crippen molar-refractivity contribution in [2.24, 2.45) is 0 Å². The Bertz CT molecular complexity index is 380. The van der Waals surface area contributed by atoms with Gasteiger partial charge >= 0.3 is 6.18 Å². The maximum absolute atomic E-state index is 12.4. The molecule has 0 aromatic heterocycles. The minimum Gasteiger partial charge on any atom is -0.490 e. The number of benzene rings is 1. The van der Waals surface area contributed by atoms with Crippen LogP contribution in [-0.4, -0.2) is 23.5 Å². The molecule has 0 spiro atoms. The Labute approximate surface area is 104 Å². The van der Waals surface area contributed by atoms with Crippen LogP contribution in [0, 0.1) is 0 Å². The van der Waals surface area contributed by atoms with E-state index in [2.05, 4.69) is 0 Å². The average molecular weight is 262 g/mol. The van der Waals surface area contributed by atoms with Gasteiger partial charge in [0.25, 0.3) is 0 Å². The Hall–Kier alpha value is -1.23. The lowest BCUT2D eigenvalue weighted by molar-refractivity contribution is -0.260. The molecule has 0 aliphatic heterocycles. The van der Waals surface area contributed by atoms with Gasteiger partial charge in [-0.25, -0.2) is 0 Å². The van der Waals surface area contributed by atoms with E-state index in [0.29, 0.717) is 18.6 Å². The van der Waals surface area contributed by atoms with Gasteiger partial charge in [0.15, 0.2) is 5.60 Å². The molecule has 1 aromatic carbocycles. The third-order valence-electron chi connectivity index (χ3n) is 2.68. The van der Waals surface area contributed by atoms with Crippen LogP contribution in [0.2, 0.25) is 0 Å². The highest BCUT2D eigenvalue weighted by atomic mass is 19.4. The van der Waals surface area contributed by atoms with Crippen molar-refractivity contribution in [2.75, 3.05) is 6.61 Å². The Morgan fingerprint density at radius 3 is 2.06 bits per heavy atom. The molecule has 0 aliphatic rings. The Morgan fingerprint density at radius 1 is 1.17 bits per heavy atom. The molecular formula is C13H17F3O2. The fourth-order valence-corrected chi connectivity index (χ4v) is 1.25. The molecule has 1 rings (SSSR count). The second-order valence-corrected chi connectivity index (χ2v) is 4.78. The molecule has 1 N–H and O–H groups in total. The van der Waals surface area contributed by atoms with E-state index in [-0.39, 0.29) is 0 Å². The lowest BCUT2D eigenvalue weighted by atomic mass is 10.0. The fourth-order valence-electron chi connectivity index (χ4n) is 1.25. The maximum Gasteiger partial charge on any atom is 0.420 e. The first kappa shape index (κ1) is 14.8. The van der Waals surface area contributed by atoms with Crippen LogP contribution in [-0.2, 0) is 0 Å². The minimum absolute atomic E-state index is 0.309. The molecule has 0 aliphatic carbocycles. The molecule has 1 atom stereocenters. The number of hydrogen-bond donors (Lipinski definition) is 1. The van der Waals surface area contributed by atoms with Crippen molar-refractivity contribution >= 4 is 0 Å². The molecular weight excluding hydrogens is 245 g/mol. The van der Waals surface area contributed by atoms with Crippen LogP contribution in [0.5, 0.6) is 5.75 Å². The van der Waals surface area contributed by atoms with Crippen molar-refractivity contribution in [3.63, 3.8) is 0 Å². The quantitative estimate of drug-likeness (QED) is 0.899. The van der Waals surface area contributed by atoms with Crippen LogP contribution in [0.15, 0.2) is 24.3 Å². The number of rotatable bonds is 4. The van der Waals surface area contributed by atoms with Crippen LogP contribution in [0.4, 0.5) is 13.2 Å². The Morgan fingerprint density at radius 2 is 1.67 bits per heavy atom. The van der Waals surface area contributed by atoms with Crippen LogP contribution in [0.3, 0.4) is 0 Å². The third kappa shape index (κ3) is 3.63. The number of hydrogen-bond acceptors (Lipinski definition) is 2. The first-order chi connectivity index (χ1) is 8.13. The number of alkyl halides is 3. The second-order valence-electron chi connectivity index (χ2n) is 4.78. The molecule has 2 nitrogen and oxygen atoms in total. The molecule has 0 saturated heterocycles. The number of halogens is 3. The van der Waals surface area contributed by atoms with E-state index in [0.717, 1.165) is 5.56 Å². The van der Waals surface area contributed by atoms with Gasteiger partial charge < -0.3 is 9.84 Å². The number of ether oxygens (including phenoxy) is 1. The maximum atomic E-state index is 12.4. The van der Waals surface area contributed by atoms with Crippen molar-refractivity contribution in [1.82, 2.24) is 0 Å². The summed E-state index contributed by atoms with van der Waals surface area (Å²) < 4.78 is 42.1. The molecule has 102 valence electrons. The van der Waals surface area contributed by atoms with E-state index in [4.69, 9.17) is 4.74 Å². The van der Waals surface area contributed by atoms with E-state index in [1.807, 2.05) is 13.8 Å². The van der Waals surface area contributed by atoms with Gasteiger partial charge in [-0.05, 0) is 30.5 Å². The van der Waals surface area contributed by atoms with Gasteiger partial charge in [-0.15, -0.1) is 0 Å². The highest BCUT2D eigenvalue weighted by molar-refractivity contribution is 5.28. The topological polar surface area (TPSA) is 29.5 Å². The zero-order valence-corrected chi connectivity index (χ0v) is 10.6. The molecule has 0 bridgehead atoms. The highest BCUT2D eigenvalue weighted by Crippen LogP contribution is 2.30. The lowest BCUT2D eigenvalue weighted by Crippen LogP contribution is -2.47. The summed E-state index contributed by atoms with van der Waals surface area (Å²) in [6.07, 6.45) is -4.70. The summed E-state index contributed by atoms with van der Waals surface area (Å²) in [7, 11) is 0. The average Bonchev–Trinajstić information content (AvgIpc) is 2.25. The van der Waals surface area contributed by atoms with Gasteiger partial charge in [0.05, 0.1) is 0 Å². The minimum atomic E-state index is -4.70. The largest absolute Gasteiger partial charge is 0.490 e. The van der Waals surface area contributed by atoms with Gasteiger partial charge in [0.2, 0.25) is 0 Å². The van der Waals surface area contributed by atoms with Crippen LogP contribution < -0.4 is 4.74 Å². The van der Waals surface area contributed by atoms with Gasteiger partial charge in [0.1, 0.15) is 12.4 Å². The smallest absolute Gasteiger partial charge is 0.420 e. The summed E-state index contributed by atoms with van der Waals surface area (Å²) in [4.78, 5) is 0. The first-order valence-corrected chi connectivity index (χ1v) is 5.65. The molecule has 0 heterocycles. The van der Waals surface area contributed by atoms with Gasteiger partial charge in [-0.1, -0.05) is 26.0 Å². The Balaban J connectivity index is 2.64. The van der Waals surface area contributed by atoms with E-state index in [9.17, 15) is 18.3 Å². The van der Waals surface area contributed by atoms with Crippen LogP contribution in [0.1, 0.15) is 32.3 Å².